The maximum Gasteiger partial charge on any atom is 1.00 e. The van der Waals surface area contributed by atoms with Crippen LogP contribution in [0.25, 0.3) is 11.1 Å². The van der Waals surface area contributed by atoms with Crippen LogP contribution < -0.4 is 34.0 Å². The molecule has 0 unspecified atom stereocenters. The number of halogens is 1. The second-order valence-corrected chi connectivity index (χ2v) is 6.60. The standard InChI is InChI=1S/C17H14FN5O4S.Li/c1-7-4-9(12-11(27-3)6-20-8(2)13(12)18)10(5-19-7)14(24)21-17-23-22-15(28-17)16(25)26;/h4-6H,1-3H3,(H,25,26)(H,21,23,24);/q;+1/p-1. The smallest absolute Gasteiger partial charge is 0.542 e. The Bertz CT molecular complexity index is 1090. The molecule has 0 spiro atoms. The van der Waals surface area contributed by atoms with Crippen LogP contribution in [0.15, 0.2) is 18.5 Å². The number of nitrogens with one attached hydrogen (secondary N) is 1. The number of carbonyl (C=O) groups is 2. The maximum atomic E-state index is 14.8. The van der Waals surface area contributed by atoms with Gasteiger partial charge in [0.1, 0.15) is 11.7 Å². The molecule has 144 valence electrons. The molecule has 0 aliphatic heterocycles. The summed E-state index contributed by atoms with van der Waals surface area (Å²) in [6.07, 6.45) is 2.65. The molecule has 3 heterocycles. The molecule has 0 saturated heterocycles. The summed E-state index contributed by atoms with van der Waals surface area (Å²) >= 11 is 0.637. The number of aromatic nitrogens is 4. The van der Waals surface area contributed by atoms with E-state index in [1.807, 2.05) is 0 Å². The van der Waals surface area contributed by atoms with Crippen LogP contribution in [-0.2, 0) is 0 Å². The van der Waals surface area contributed by atoms with Gasteiger partial charge < -0.3 is 14.6 Å². The normalized spacial score (nSPS) is 10.2. The number of amides is 1. The number of hydrogen-bond donors (Lipinski definition) is 1. The van der Waals surface area contributed by atoms with Gasteiger partial charge in [0.2, 0.25) is 5.13 Å². The molecular formula is C17H13FLiN5O4S. The van der Waals surface area contributed by atoms with Gasteiger partial charge in [0.15, 0.2) is 10.8 Å². The fraction of sp³-hybridized carbons (Fsp3) is 0.176. The summed E-state index contributed by atoms with van der Waals surface area (Å²) in [5, 5.41) is 19.8. The van der Waals surface area contributed by atoms with Crippen molar-refractivity contribution in [3.63, 3.8) is 0 Å². The van der Waals surface area contributed by atoms with Gasteiger partial charge in [0, 0.05) is 17.5 Å². The molecule has 0 saturated carbocycles. The SMILES string of the molecule is COc1cnc(C)c(F)c1-c1cc(C)ncc1C(=O)Nc1nnc(C(=O)[O-])s1.[Li+]. The van der Waals surface area contributed by atoms with Crippen LogP contribution in [0.3, 0.4) is 0 Å². The van der Waals surface area contributed by atoms with Gasteiger partial charge in [-0.3, -0.25) is 20.1 Å². The van der Waals surface area contributed by atoms with E-state index >= 15 is 0 Å². The second kappa shape index (κ2) is 9.08. The molecule has 12 heteroatoms. The zero-order chi connectivity index (χ0) is 20.4. The van der Waals surface area contributed by atoms with Crippen LogP contribution in [0.1, 0.15) is 31.5 Å². The summed E-state index contributed by atoms with van der Waals surface area (Å²) in [6.45, 7) is 3.19. The minimum absolute atomic E-state index is 0. The zero-order valence-corrected chi connectivity index (χ0v) is 16.8. The van der Waals surface area contributed by atoms with Gasteiger partial charge >= 0.3 is 18.9 Å². The molecule has 3 aromatic heterocycles. The molecule has 0 radical (unpaired) electrons. The minimum Gasteiger partial charge on any atom is -0.542 e. The van der Waals surface area contributed by atoms with Crippen molar-refractivity contribution in [3.8, 4) is 16.9 Å². The molecule has 0 fully saturated rings. The average molecular weight is 409 g/mol. The number of methoxy groups -OCH3 is 1. The van der Waals surface area contributed by atoms with Crippen LogP contribution in [-0.4, -0.2) is 39.2 Å². The Balaban J connectivity index is 0.00000300. The Kier molecular flexibility index (Phi) is 7.02. The van der Waals surface area contributed by atoms with E-state index in [-0.39, 0.29) is 57.1 Å². The van der Waals surface area contributed by atoms with Crippen molar-refractivity contribution >= 4 is 28.3 Å². The molecule has 29 heavy (non-hydrogen) atoms. The fourth-order valence-corrected chi connectivity index (χ4v) is 3.01. The Hall–Kier alpha value is -2.87. The summed E-state index contributed by atoms with van der Waals surface area (Å²) in [7, 11) is 1.37. The number of aromatic carboxylic acids is 1. The Morgan fingerprint density at radius 1 is 1.21 bits per heavy atom. The number of hydrogen-bond acceptors (Lipinski definition) is 9. The Labute approximate surface area is 180 Å². The molecule has 0 aliphatic carbocycles. The van der Waals surface area contributed by atoms with Crippen LogP contribution in [0, 0.1) is 19.7 Å². The number of pyridine rings is 2. The first-order valence-electron chi connectivity index (χ1n) is 7.84. The van der Waals surface area contributed by atoms with Crippen LogP contribution in [0.4, 0.5) is 9.52 Å². The largest absolute Gasteiger partial charge is 1.00 e. The molecule has 1 amide bonds. The second-order valence-electron chi connectivity index (χ2n) is 5.63. The number of carbonyl (C=O) groups excluding carboxylic acids is 2. The van der Waals surface area contributed by atoms with E-state index in [0.29, 0.717) is 17.0 Å². The van der Waals surface area contributed by atoms with Crippen molar-refractivity contribution in [2.45, 2.75) is 13.8 Å². The van der Waals surface area contributed by atoms with Crippen LogP contribution >= 0.6 is 11.3 Å². The molecule has 0 aliphatic rings. The van der Waals surface area contributed by atoms with E-state index in [0.717, 1.165) is 0 Å². The summed E-state index contributed by atoms with van der Waals surface area (Å²) in [6, 6.07) is 1.54. The van der Waals surface area contributed by atoms with Crippen molar-refractivity contribution in [2.24, 2.45) is 0 Å². The summed E-state index contributed by atoms with van der Waals surface area (Å²) in [5.41, 5.74) is 1.04. The monoisotopic (exact) mass is 409 g/mol. The number of nitrogens with zero attached hydrogens (tertiary/aromatic N) is 4. The number of ether oxygens (including phenoxy) is 1. The fourth-order valence-electron chi connectivity index (χ4n) is 2.44. The van der Waals surface area contributed by atoms with E-state index in [2.05, 4.69) is 25.5 Å². The predicted octanol–water partition coefficient (Wildman–Crippen LogP) is -1.62. The van der Waals surface area contributed by atoms with Gasteiger partial charge in [0.05, 0.1) is 30.1 Å². The first kappa shape index (κ1) is 22.4. The summed E-state index contributed by atoms with van der Waals surface area (Å²) in [4.78, 5) is 31.6. The third-order valence-corrected chi connectivity index (χ3v) is 4.57. The molecule has 3 rings (SSSR count). The van der Waals surface area contributed by atoms with Crippen LogP contribution in [0.2, 0.25) is 0 Å². The van der Waals surface area contributed by atoms with E-state index in [4.69, 9.17) is 4.74 Å². The van der Waals surface area contributed by atoms with E-state index in [9.17, 15) is 19.1 Å². The molecule has 3 aromatic rings. The van der Waals surface area contributed by atoms with Crippen molar-refractivity contribution in [2.75, 3.05) is 12.4 Å². The molecule has 0 aromatic carbocycles. The third-order valence-electron chi connectivity index (χ3n) is 3.75. The van der Waals surface area contributed by atoms with Gasteiger partial charge in [-0.1, -0.05) is 11.3 Å². The number of rotatable bonds is 5. The predicted molar refractivity (Wildman–Crippen MR) is 95.6 cm³/mol. The van der Waals surface area contributed by atoms with Crippen molar-refractivity contribution in [1.82, 2.24) is 20.2 Å². The van der Waals surface area contributed by atoms with Crippen molar-refractivity contribution < 1.29 is 42.7 Å². The number of aryl methyl sites for hydroxylation is 2. The van der Waals surface area contributed by atoms with Gasteiger partial charge in [-0.25, -0.2) is 4.39 Å². The number of carboxylic acids is 1. The van der Waals surface area contributed by atoms with Gasteiger partial charge in [0.25, 0.3) is 5.91 Å². The third kappa shape index (κ3) is 4.59. The maximum absolute atomic E-state index is 14.8. The van der Waals surface area contributed by atoms with Crippen molar-refractivity contribution in [1.29, 1.82) is 0 Å². The molecule has 0 atom stereocenters. The van der Waals surface area contributed by atoms with Gasteiger partial charge in [-0.2, -0.15) is 0 Å². The molecule has 9 nitrogen and oxygen atoms in total. The number of anilines is 1. The van der Waals surface area contributed by atoms with Gasteiger partial charge in [-0.15, -0.1) is 10.2 Å². The minimum atomic E-state index is -1.50. The molecule has 1 N–H and O–H groups in total. The topological polar surface area (TPSA) is 130 Å². The Morgan fingerprint density at radius 2 is 1.93 bits per heavy atom. The number of carboxylic acid groups (broad SMARTS) is 1. The summed E-state index contributed by atoms with van der Waals surface area (Å²) in [5.74, 6) is -2.65. The summed E-state index contributed by atoms with van der Waals surface area (Å²) < 4.78 is 20.1. The zero-order valence-electron chi connectivity index (χ0n) is 15.9. The first-order valence-corrected chi connectivity index (χ1v) is 8.65. The van der Waals surface area contributed by atoms with Crippen LogP contribution in [0.5, 0.6) is 5.75 Å². The first-order chi connectivity index (χ1) is 13.3. The van der Waals surface area contributed by atoms with E-state index in [1.54, 1.807) is 13.0 Å². The molecular weight excluding hydrogens is 396 g/mol. The van der Waals surface area contributed by atoms with Crippen molar-refractivity contribution in [3.05, 3.63) is 46.2 Å². The van der Waals surface area contributed by atoms with E-state index in [1.165, 1.54) is 26.4 Å². The molecule has 0 bridgehead atoms. The quantitative estimate of drug-likeness (QED) is 0.498. The van der Waals surface area contributed by atoms with E-state index < -0.39 is 17.7 Å². The van der Waals surface area contributed by atoms with Gasteiger partial charge in [-0.05, 0) is 19.9 Å². The average Bonchev–Trinajstić information content (AvgIpc) is 3.12. The Morgan fingerprint density at radius 3 is 2.55 bits per heavy atom.